The van der Waals surface area contributed by atoms with Gasteiger partial charge in [0.05, 0.1) is 11.4 Å². The van der Waals surface area contributed by atoms with Crippen LogP contribution in [-0.2, 0) is 22.0 Å². The lowest BCUT2D eigenvalue weighted by Crippen LogP contribution is -2.33. The molecule has 168 valence electrons. The van der Waals surface area contributed by atoms with Crippen LogP contribution in [0.15, 0.2) is 90.3 Å². The molecule has 1 amide bonds. The molecule has 1 heterocycles. The van der Waals surface area contributed by atoms with Crippen molar-refractivity contribution >= 4 is 32.2 Å². The van der Waals surface area contributed by atoms with E-state index >= 15 is 0 Å². The number of benzene rings is 3. The van der Waals surface area contributed by atoms with Gasteiger partial charge in [-0.15, -0.1) is 11.3 Å². The van der Waals surface area contributed by atoms with E-state index in [1.165, 1.54) is 17.6 Å². The molecule has 0 fully saturated rings. The summed E-state index contributed by atoms with van der Waals surface area (Å²) in [6, 6.07) is 26.7. The summed E-state index contributed by atoms with van der Waals surface area (Å²) in [5.41, 5.74) is 3.97. The lowest BCUT2D eigenvalue weighted by molar-refractivity contribution is 0.0987. The molecular formula is C26H24N2O3S2. The summed E-state index contributed by atoms with van der Waals surface area (Å²) in [6.45, 7) is 0.459. The molecule has 4 aromatic rings. The molecule has 0 aliphatic rings. The van der Waals surface area contributed by atoms with Crippen molar-refractivity contribution in [1.82, 2.24) is 4.98 Å². The third kappa shape index (κ3) is 6.15. The van der Waals surface area contributed by atoms with Crippen LogP contribution in [0.3, 0.4) is 0 Å². The van der Waals surface area contributed by atoms with Gasteiger partial charge in [0, 0.05) is 29.3 Å². The number of carbonyl (C=O) groups excluding carboxylic acids is 1. The Bertz CT molecular complexity index is 1330. The molecule has 0 N–H and O–H groups in total. The second kappa shape index (κ2) is 10.1. The van der Waals surface area contributed by atoms with E-state index in [1.807, 2.05) is 66.0 Å². The minimum atomic E-state index is -3.20. The number of thiazole rings is 1. The number of rotatable bonds is 8. The van der Waals surface area contributed by atoms with Crippen molar-refractivity contribution in [1.29, 1.82) is 0 Å². The van der Waals surface area contributed by atoms with Crippen molar-refractivity contribution in [3.8, 4) is 11.3 Å². The molecule has 0 saturated heterocycles. The molecule has 3 aromatic carbocycles. The van der Waals surface area contributed by atoms with Crippen LogP contribution in [-0.4, -0.2) is 32.1 Å². The molecule has 4 rings (SSSR count). The van der Waals surface area contributed by atoms with Gasteiger partial charge in [-0.1, -0.05) is 72.8 Å². The van der Waals surface area contributed by atoms with Crippen LogP contribution in [0.25, 0.3) is 11.3 Å². The first-order valence-electron chi connectivity index (χ1n) is 10.5. The summed E-state index contributed by atoms with van der Waals surface area (Å²) in [5, 5.41) is 2.57. The minimum Gasteiger partial charge on any atom is -0.284 e. The third-order valence-corrected chi connectivity index (χ3v) is 6.83. The standard InChI is InChI=1S/C26H24N2O3S2/c1-33(30,31)19-21-11-8-14-23(17-21)25(29)28(16-15-20-9-4-2-5-10-20)26-27-24(18-32-26)22-12-6-3-7-13-22/h2-14,17-18H,15-16,19H2,1H3. The fraction of sp³-hybridized carbons (Fsp3) is 0.154. The van der Waals surface area contributed by atoms with E-state index in [4.69, 9.17) is 4.98 Å². The van der Waals surface area contributed by atoms with Gasteiger partial charge in [0.25, 0.3) is 5.91 Å². The quantitative estimate of drug-likeness (QED) is 0.349. The molecule has 7 heteroatoms. The van der Waals surface area contributed by atoms with Crippen LogP contribution in [0.2, 0.25) is 0 Å². The normalized spacial score (nSPS) is 11.3. The van der Waals surface area contributed by atoms with E-state index < -0.39 is 9.84 Å². The van der Waals surface area contributed by atoms with Crippen molar-refractivity contribution in [2.45, 2.75) is 12.2 Å². The van der Waals surface area contributed by atoms with Crippen molar-refractivity contribution in [2.75, 3.05) is 17.7 Å². The Morgan fingerprint density at radius 1 is 0.909 bits per heavy atom. The van der Waals surface area contributed by atoms with E-state index in [-0.39, 0.29) is 11.7 Å². The second-order valence-corrected chi connectivity index (χ2v) is 10.8. The van der Waals surface area contributed by atoms with Gasteiger partial charge in [-0.25, -0.2) is 13.4 Å². The van der Waals surface area contributed by atoms with Crippen LogP contribution >= 0.6 is 11.3 Å². The van der Waals surface area contributed by atoms with Gasteiger partial charge < -0.3 is 0 Å². The van der Waals surface area contributed by atoms with Crippen molar-refractivity contribution < 1.29 is 13.2 Å². The number of amides is 1. The Balaban J connectivity index is 1.65. The monoisotopic (exact) mass is 476 g/mol. The fourth-order valence-electron chi connectivity index (χ4n) is 3.55. The highest BCUT2D eigenvalue weighted by Gasteiger charge is 2.22. The molecule has 5 nitrogen and oxygen atoms in total. The first-order chi connectivity index (χ1) is 15.9. The Morgan fingerprint density at radius 3 is 2.27 bits per heavy atom. The van der Waals surface area contributed by atoms with Gasteiger partial charge in [-0.2, -0.15) is 0 Å². The lowest BCUT2D eigenvalue weighted by atomic mass is 10.1. The summed E-state index contributed by atoms with van der Waals surface area (Å²) in [7, 11) is -3.20. The molecule has 0 saturated carbocycles. The number of aromatic nitrogens is 1. The van der Waals surface area contributed by atoms with Crippen molar-refractivity contribution in [3.63, 3.8) is 0 Å². The van der Waals surface area contributed by atoms with Crippen molar-refractivity contribution in [3.05, 3.63) is 107 Å². The number of hydrogen-bond donors (Lipinski definition) is 0. The molecule has 0 radical (unpaired) electrons. The zero-order valence-corrected chi connectivity index (χ0v) is 19.9. The molecule has 0 aliphatic heterocycles. The van der Waals surface area contributed by atoms with Gasteiger partial charge in [-0.3, -0.25) is 9.69 Å². The molecule has 0 atom stereocenters. The van der Waals surface area contributed by atoms with Crippen LogP contribution in [0.5, 0.6) is 0 Å². The Morgan fingerprint density at radius 2 is 1.58 bits per heavy atom. The summed E-state index contributed by atoms with van der Waals surface area (Å²) >= 11 is 1.42. The largest absolute Gasteiger partial charge is 0.284 e. The Hall–Kier alpha value is -3.29. The van der Waals surface area contributed by atoms with Gasteiger partial charge in [0.2, 0.25) is 0 Å². The van der Waals surface area contributed by atoms with Gasteiger partial charge in [0.15, 0.2) is 15.0 Å². The molecule has 0 bridgehead atoms. The van der Waals surface area contributed by atoms with E-state index in [0.29, 0.717) is 29.2 Å². The topological polar surface area (TPSA) is 67.3 Å². The molecular weight excluding hydrogens is 452 g/mol. The first kappa shape index (κ1) is 22.9. The molecule has 33 heavy (non-hydrogen) atoms. The SMILES string of the molecule is CS(=O)(=O)Cc1cccc(C(=O)N(CCc2ccccc2)c2nc(-c3ccccc3)cs2)c1. The number of sulfone groups is 1. The summed E-state index contributed by atoms with van der Waals surface area (Å²) in [5.74, 6) is -0.302. The summed E-state index contributed by atoms with van der Waals surface area (Å²) < 4.78 is 23.5. The third-order valence-electron chi connectivity index (χ3n) is 5.11. The van der Waals surface area contributed by atoms with Crippen LogP contribution in [0.1, 0.15) is 21.5 Å². The molecule has 1 aromatic heterocycles. The van der Waals surface area contributed by atoms with E-state index in [9.17, 15) is 13.2 Å². The maximum atomic E-state index is 13.6. The average molecular weight is 477 g/mol. The van der Waals surface area contributed by atoms with Gasteiger partial charge >= 0.3 is 0 Å². The highest BCUT2D eigenvalue weighted by molar-refractivity contribution is 7.89. The molecule has 0 unspecified atom stereocenters. The van der Waals surface area contributed by atoms with Crippen molar-refractivity contribution in [2.24, 2.45) is 0 Å². The van der Waals surface area contributed by atoms with Crippen LogP contribution < -0.4 is 4.90 Å². The highest BCUT2D eigenvalue weighted by Crippen LogP contribution is 2.29. The first-order valence-corrected chi connectivity index (χ1v) is 13.5. The maximum Gasteiger partial charge on any atom is 0.260 e. The number of carbonyl (C=O) groups is 1. The fourth-order valence-corrected chi connectivity index (χ4v) is 5.20. The predicted octanol–water partition coefficient (Wildman–Crippen LogP) is 5.24. The van der Waals surface area contributed by atoms with E-state index in [1.54, 1.807) is 29.2 Å². The zero-order chi connectivity index (χ0) is 23.3. The van der Waals surface area contributed by atoms with E-state index in [0.717, 1.165) is 16.8 Å². The zero-order valence-electron chi connectivity index (χ0n) is 18.2. The van der Waals surface area contributed by atoms with E-state index in [2.05, 4.69) is 0 Å². The average Bonchev–Trinajstić information content (AvgIpc) is 3.29. The molecule has 0 spiro atoms. The smallest absolute Gasteiger partial charge is 0.260 e. The lowest BCUT2D eigenvalue weighted by Gasteiger charge is -2.20. The number of hydrogen-bond acceptors (Lipinski definition) is 5. The Kier molecular flexibility index (Phi) is 7.01. The number of anilines is 1. The second-order valence-electron chi connectivity index (χ2n) is 7.84. The Labute approximate surface area is 198 Å². The summed E-state index contributed by atoms with van der Waals surface area (Å²) in [4.78, 5) is 20.0. The maximum absolute atomic E-state index is 13.6. The number of nitrogens with zero attached hydrogens (tertiary/aromatic N) is 2. The van der Waals surface area contributed by atoms with Crippen LogP contribution in [0, 0.1) is 0 Å². The van der Waals surface area contributed by atoms with Crippen LogP contribution in [0.4, 0.5) is 5.13 Å². The van der Waals surface area contributed by atoms with Gasteiger partial charge in [-0.05, 0) is 29.7 Å². The highest BCUT2D eigenvalue weighted by atomic mass is 32.2. The summed E-state index contributed by atoms with van der Waals surface area (Å²) in [6.07, 6.45) is 1.87. The minimum absolute atomic E-state index is 0.104. The molecule has 0 aliphatic carbocycles. The van der Waals surface area contributed by atoms with Gasteiger partial charge in [0.1, 0.15) is 0 Å². The predicted molar refractivity (Wildman–Crippen MR) is 134 cm³/mol.